The van der Waals surface area contributed by atoms with Gasteiger partial charge in [0, 0.05) is 17.2 Å². The van der Waals surface area contributed by atoms with Crippen molar-refractivity contribution in [3.05, 3.63) is 59.3 Å². The van der Waals surface area contributed by atoms with E-state index >= 15 is 0 Å². The number of hydrogen-bond donors (Lipinski definition) is 2. The smallest absolute Gasteiger partial charge is 0.273 e. The number of hydrogen-bond acceptors (Lipinski definition) is 7. The molecule has 1 amide bonds. The first kappa shape index (κ1) is 25.1. The number of nitrogens with one attached hydrogen (secondary N) is 1. The van der Waals surface area contributed by atoms with Gasteiger partial charge >= 0.3 is 0 Å². The molecule has 0 saturated carbocycles. The molecule has 2 aliphatic heterocycles. The van der Waals surface area contributed by atoms with Crippen LogP contribution in [0.4, 0.5) is 0 Å². The zero-order valence-corrected chi connectivity index (χ0v) is 21.8. The molecule has 9 nitrogen and oxygen atoms in total. The van der Waals surface area contributed by atoms with E-state index in [2.05, 4.69) is 17.1 Å². The minimum atomic E-state index is -3.24. The molecule has 2 N–H and O–H groups in total. The van der Waals surface area contributed by atoms with Gasteiger partial charge in [-0.05, 0) is 49.6 Å². The number of unbranched alkanes of at least 4 members (excludes halogenated alkanes) is 1. The van der Waals surface area contributed by atoms with Crippen LogP contribution in [-0.4, -0.2) is 65.3 Å². The fraction of sp³-hybridized carbons (Fsp3) is 0.407. The maximum Gasteiger partial charge on any atom is 0.273 e. The van der Waals surface area contributed by atoms with Gasteiger partial charge in [0.25, 0.3) is 5.91 Å². The van der Waals surface area contributed by atoms with Gasteiger partial charge in [-0.3, -0.25) is 9.89 Å². The number of nitrogens with zero attached hydrogens (tertiary/aromatic N) is 2. The van der Waals surface area contributed by atoms with Crippen LogP contribution in [0.2, 0.25) is 0 Å². The van der Waals surface area contributed by atoms with Crippen molar-refractivity contribution in [2.75, 3.05) is 24.7 Å². The molecule has 0 radical (unpaired) electrons. The average Bonchev–Trinajstić information content (AvgIpc) is 3.54. The molecule has 0 bridgehead atoms. The van der Waals surface area contributed by atoms with Crippen LogP contribution < -0.4 is 9.47 Å². The Labute approximate surface area is 216 Å². The number of sulfone groups is 1. The van der Waals surface area contributed by atoms with E-state index in [4.69, 9.17) is 9.47 Å². The van der Waals surface area contributed by atoms with E-state index in [-0.39, 0.29) is 23.2 Å². The second-order valence-corrected chi connectivity index (χ2v) is 11.6. The minimum absolute atomic E-state index is 0.0413. The number of phenolic OH excluding ortho intramolecular Hbond substituents is 1. The fourth-order valence-corrected chi connectivity index (χ4v) is 6.86. The molecule has 1 fully saturated rings. The standard InChI is InChI=1S/C27H31N3O6S/c1-3-5-13-36-21-11-10-17(15-22(21)35-4-2)26-23-24(19-8-6-7-9-20(19)31)28-29-25(23)27(32)30(26)18-12-14-37(33,34)16-18/h6-11,15,18,26,31H,3-5,12-14,16H2,1-2H3,(H,28,29). The zero-order chi connectivity index (χ0) is 26.2. The van der Waals surface area contributed by atoms with E-state index in [9.17, 15) is 18.3 Å². The fourth-order valence-electron chi connectivity index (χ4n) is 5.15. The molecule has 1 aromatic heterocycles. The SMILES string of the molecule is CCCCOc1ccc(C2c3c(-c4ccccc4O)n[nH]c3C(=O)N2C2CCS(=O)(=O)C2)cc1OCC. The summed E-state index contributed by atoms with van der Waals surface area (Å²) in [6.07, 6.45) is 2.28. The molecule has 0 aliphatic carbocycles. The molecule has 2 unspecified atom stereocenters. The number of phenols is 1. The average molecular weight is 526 g/mol. The Balaban J connectivity index is 1.64. The van der Waals surface area contributed by atoms with Crippen LogP contribution in [0.1, 0.15) is 60.8 Å². The van der Waals surface area contributed by atoms with Gasteiger partial charge in [-0.15, -0.1) is 0 Å². The lowest BCUT2D eigenvalue weighted by atomic mass is 9.94. The largest absolute Gasteiger partial charge is 0.507 e. The summed E-state index contributed by atoms with van der Waals surface area (Å²) in [5, 5.41) is 17.8. The Morgan fingerprint density at radius 2 is 1.95 bits per heavy atom. The van der Waals surface area contributed by atoms with Crippen molar-refractivity contribution < 1.29 is 27.8 Å². The molecule has 2 aliphatic rings. The zero-order valence-electron chi connectivity index (χ0n) is 20.9. The van der Waals surface area contributed by atoms with E-state index in [1.165, 1.54) is 0 Å². The number of aromatic nitrogens is 2. The summed E-state index contributed by atoms with van der Waals surface area (Å²) in [5.41, 5.74) is 2.60. The van der Waals surface area contributed by atoms with E-state index in [1.807, 2.05) is 25.1 Å². The summed E-state index contributed by atoms with van der Waals surface area (Å²) < 4.78 is 36.6. The summed E-state index contributed by atoms with van der Waals surface area (Å²) in [6, 6.07) is 11.3. The van der Waals surface area contributed by atoms with Gasteiger partial charge in [0.2, 0.25) is 0 Å². The highest BCUT2D eigenvalue weighted by atomic mass is 32.2. The van der Waals surface area contributed by atoms with Crippen LogP contribution in [0.3, 0.4) is 0 Å². The molecule has 3 aromatic rings. The highest BCUT2D eigenvalue weighted by Crippen LogP contribution is 2.47. The van der Waals surface area contributed by atoms with Gasteiger partial charge in [-0.2, -0.15) is 5.10 Å². The third-order valence-electron chi connectivity index (χ3n) is 6.90. The molecule has 1 saturated heterocycles. The van der Waals surface area contributed by atoms with Crippen LogP contribution in [0, 0.1) is 0 Å². The predicted octanol–water partition coefficient (Wildman–Crippen LogP) is 4.09. The van der Waals surface area contributed by atoms with Crippen LogP contribution >= 0.6 is 0 Å². The maximum atomic E-state index is 13.7. The number of ether oxygens (including phenoxy) is 2. The van der Waals surface area contributed by atoms with Gasteiger partial charge in [0.05, 0.1) is 30.8 Å². The molecule has 3 heterocycles. The summed E-state index contributed by atoms with van der Waals surface area (Å²) in [5.74, 6) is 0.864. The Morgan fingerprint density at radius 3 is 2.65 bits per heavy atom. The number of carbonyl (C=O) groups excluding carboxylic acids is 1. The summed E-state index contributed by atoms with van der Waals surface area (Å²) >= 11 is 0. The number of aromatic amines is 1. The maximum absolute atomic E-state index is 13.7. The quantitative estimate of drug-likeness (QED) is 0.404. The molecule has 5 rings (SSSR count). The van der Waals surface area contributed by atoms with Gasteiger partial charge < -0.3 is 19.5 Å². The number of aromatic hydroxyl groups is 1. The Hall–Kier alpha value is -3.53. The molecule has 2 aromatic carbocycles. The van der Waals surface area contributed by atoms with Gasteiger partial charge in [-0.1, -0.05) is 31.5 Å². The van der Waals surface area contributed by atoms with E-state index in [0.717, 1.165) is 18.4 Å². The first-order chi connectivity index (χ1) is 17.8. The number of para-hydroxylation sites is 1. The number of rotatable bonds is 9. The topological polar surface area (TPSA) is 122 Å². The molecule has 2 atom stereocenters. The first-order valence-corrected chi connectivity index (χ1v) is 14.5. The van der Waals surface area contributed by atoms with Crippen molar-refractivity contribution in [3.8, 4) is 28.5 Å². The van der Waals surface area contributed by atoms with Crippen LogP contribution in [0.25, 0.3) is 11.3 Å². The molecular formula is C27H31N3O6S. The summed E-state index contributed by atoms with van der Waals surface area (Å²) in [6.45, 7) is 4.98. The van der Waals surface area contributed by atoms with Gasteiger partial charge in [0.1, 0.15) is 17.1 Å². The van der Waals surface area contributed by atoms with Crippen molar-refractivity contribution >= 4 is 15.7 Å². The normalized spacial score (nSPS) is 20.3. The Bertz CT molecular complexity index is 1420. The highest BCUT2D eigenvalue weighted by Gasteiger charge is 2.48. The van der Waals surface area contributed by atoms with Crippen molar-refractivity contribution in [2.45, 2.75) is 45.2 Å². The predicted molar refractivity (Wildman–Crippen MR) is 139 cm³/mol. The van der Waals surface area contributed by atoms with Crippen molar-refractivity contribution in [1.29, 1.82) is 0 Å². The number of fused-ring (bicyclic) bond motifs is 1. The third-order valence-corrected chi connectivity index (χ3v) is 8.65. The lowest BCUT2D eigenvalue weighted by molar-refractivity contribution is 0.0677. The minimum Gasteiger partial charge on any atom is -0.507 e. The lowest BCUT2D eigenvalue weighted by Crippen LogP contribution is -2.40. The number of benzene rings is 2. The lowest BCUT2D eigenvalue weighted by Gasteiger charge is -2.31. The van der Waals surface area contributed by atoms with Crippen LogP contribution in [0.15, 0.2) is 42.5 Å². The van der Waals surface area contributed by atoms with Crippen molar-refractivity contribution in [3.63, 3.8) is 0 Å². The molecule has 196 valence electrons. The molecule has 37 heavy (non-hydrogen) atoms. The summed E-state index contributed by atoms with van der Waals surface area (Å²) in [7, 11) is -3.24. The number of carbonyl (C=O) groups is 1. The van der Waals surface area contributed by atoms with E-state index < -0.39 is 21.9 Å². The monoisotopic (exact) mass is 525 g/mol. The second-order valence-electron chi connectivity index (χ2n) is 9.39. The van der Waals surface area contributed by atoms with E-state index in [1.54, 1.807) is 29.2 Å². The second kappa shape index (κ2) is 10.1. The van der Waals surface area contributed by atoms with E-state index in [0.29, 0.717) is 53.6 Å². The first-order valence-electron chi connectivity index (χ1n) is 12.6. The summed E-state index contributed by atoms with van der Waals surface area (Å²) in [4.78, 5) is 15.4. The van der Waals surface area contributed by atoms with Crippen LogP contribution in [0.5, 0.6) is 17.2 Å². The number of amides is 1. The highest BCUT2D eigenvalue weighted by molar-refractivity contribution is 7.91. The van der Waals surface area contributed by atoms with Gasteiger partial charge in [-0.25, -0.2) is 8.42 Å². The Kier molecular flexibility index (Phi) is 6.85. The van der Waals surface area contributed by atoms with Gasteiger partial charge in [0.15, 0.2) is 21.3 Å². The van der Waals surface area contributed by atoms with Crippen molar-refractivity contribution in [2.24, 2.45) is 0 Å². The molecular weight excluding hydrogens is 494 g/mol. The molecule has 0 spiro atoms. The Morgan fingerprint density at radius 1 is 1.14 bits per heavy atom. The number of H-pyrrole nitrogens is 1. The van der Waals surface area contributed by atoms with Crippen molar-refractivity contribution in [1.82, 2.24) is 15.1 Å². The molecule has 10 heteroatoms. The third kappa shape index (κ3) is 4.66. The van der Waals surface area contributed by atoms with Crippen LogP contribution in [-0.2, 0) is 9.84 Å².